The summed E-state index contributed by atoms with van der Waals surface area (Å²) in [5.74, 6) is -0.599. The molecule has 0 aromatic carbocycles. The molecular weight excluding hydrogens is 228 g/mol. The van der Waals surface area contributed by atoms with E-state index in [0.29, 0.717) is 0 Å². The maximum atomic E-state index is 11.5. The van der Waals surface area contributed by atoms with E-state index in [0.717, 1.165) is 16.7 Å². The van der Waals surface area contributed by atoms with Gasteiger partial charge in [-0.2, -0.15) is 0 Å². The van der Waals surface area contributed by atoms with Crippen molar-refractivity contribution in [2.75, 3.05) is 6.61 Å². The molecule has 0 atom stereocenters. The molecule has 1 heterocycles. The molecule has 1 aromatic heterocycles. The van der Waals surface area contributed by atoms with Gasteiger partial charge in [-0.05, 0) is 13.8 Å². The van der Waals surface area contributed by atoms with Crippen LogP contribution in [-0.4, -0.2) is 22.1 Å². The molecule has 0 saturated carbocycles. The SMILES string of the molecule is CCOC(=O)Cn1c(C)c([N+](=O)[O-])ccc1=O. The Labute approximate surface area is 96.8 Å². The van der Waals surface area contributed by atoms with Crippen LogP contribution in [0.4, 0.5) is 5.69 Å². The number of aromatic nitrogens is 1. The van der Waals surface area contributed by atoms with Crippen LogP contribution in [0.15, 0.2) is 16.9 Å². The van der Waals surface area contributed by atoms with Crippen LogP contribution in [0.5, 0.6) is 0 Å². The van der Waals surface area contributed by atoms with Gasteiger partial charge >= 0.3 is 5.97 Å². The topological polar surface area (TPSA) is 91.4 Å². The van der Waals surface area contributed by atoms with Crippen molar-refractivity contribution in [3.05, 3.63) is 38.3 Å². The maximum absolute atomic E-state index is 11.5. The molecule has 0 spiro atoms. The van der Waals surface area contributed by atoms with Crippen LogP contribution in [-0.2, 0) is 16.1 Å². The average molecular weight is 240 g/mol. The van der Waals surface area contributed by atoms with Crippen LogP contribution < -0.4 is 5.56 Å². The first kappa shape index (κ1) is 12.9. The summed E-state index contributed by atoms with van der Waals surface area (Å²) in [5, 5.41) is 10.7. The van der Waals surface area contributed by atoms with Gasteiger partial charge in [-0.3, -0.25) is 24.3 Å². The van der Waals surface area contributed by atoms with Gasteiger partial charge in [-0.15, -0.1) is 0 Å². The Balaban J connectivity index is 3.14. The zero-order chi connectivity index (χ0) is 13.0. The first-order valence-electron chi connectivity index (χ1n) is 4.97. The number of ether oxygens (including phenoxy) is 1. The monoisotopic (exact) mass is 240 g/mol. The standard InChI is InChI=1S/C10H12N2O5/c1-3-17-10(14)6-11-7(2)8(12(15)16)4-5-9(11)13/h4-5H,3,6H2,1-2H3. The fourth-order valence-corrected chi connectivity index (χ4v) is 1.39. The van der Waals surface area contributed by atoms with Crippen LogP contribution in [0.1, 0.15) is 12.6 Å². The number of nitro groups is 1. The summed E-state index contributed by atoms with van der Waals surface area (Å²) in [6, 6.07) is 2.18. The molecule has 0 bridgehead atoms. The number of hydrogen-bond acceptors (Lipinski definition) is 5. The molecule has 0 unspecified atom stereocenters. The highest BCUT2D eigenvalue weighted by Crippen LogP contribution is 2.14. The van der Waals surface area contributed by atoms with Crippen molar-refractivity contribution in [1.82, 2.24) is 4.57 Å². The predicted molar refractivity (Wildman–Crippen MR) is 58.7 cm³/mol. The number of nitrogens with zero attached hydrogens (tertiary/aromatic N) is 2. The maximum Gasteiger partial charge on any atom is 0.326 e. The molecule has 1 aromatic rings. The highest BCUT2D eigenvalue weighted by molar-refractivity contribution is 5.69. The lowest BCUT2D eigenvalue weighted by Crippen LogP contribution is -2.27. The van der Waals surface area contributed by atoms with Gasteiger partial charge in [-0.1, -0.05) is 0 Å². The Hall–Kier alpha value is -2.18. The minimum atomic E-state index is -0.601. The van der Waals surface area contributed by atoms with E-state index >= 15 is 0 Å². The Bertz CT molecular complexity index is 506. The van der Waals surface area contributed by atoms with Gasteiger partial charge in [0.15, 0.2) is 0 Å². The Morgan fingerprint density at radius 3 is 2.71 bits per heavy atom. The summed E-state index contributed by atoms with van der Waals surface area (Å²) in [4.78, 5) is 32.8. The molecule has 0 N–H and O–H groups in total. The number of pyridine rings is 1. The molecule has 7 nitrogen and oxygen atoms in total. The van der Waals surface area contributed by atoms with E-state index in [9.17, 15) is 19.7 Å². The normalized spacial score (nSPS) is 10.0. The number of hydrogen-bond donors (Lipinski definition) is 0. The number of carbonyl (C=O) groups excluding carboxylic acids is 1. The van der Waals surface area contributed by atoms with Crippen molar-refractivity contribution in [3.8, 4) is 0 Å². The van der Waals surface area contributed by atoms with Gasteiger partial charge < -0.3 is 4.74 Å². The summed E-state index contributed by atoms with van der Waals surface area (Å²) in [6.07, 6.45) is 0. The quantitative estimate of drug-likeness (QED) is 0.437. The van der Waals surface area contributed by atoms with Gasteiger partial charge in [-0.25, -0.2) is 0 Å². The van der Waals surface area contributed by atoms with Crippen LogP contribution in [0.25, 0.3) is 0 Å². The van der Waals surface area contributed by atoms with E-state index in [-0.39, 0.29) is 24.5 Å². The summed E-state index contributed by atoms with van der Waals surface area (Å²) >= 11 is 0. The Morgan fingerprint density at radius 2 is 2.18 bits per heavy atom. The van der Waals surface area contributed by atoms with Gasteiger partial charge in [0, 0.05) is 12.1 Å². The van der Waals surface area contributed by atoms with Gasteiger partial charge in [0.05, 0.1) is 17.2 Å². The van der Waals surface area contributed by atoms with Crippen molar-refractivity contribution >= 4 is 11.7 Å². The molecule has 1 rings (SSSR count). The molecular formula is C10H12N2O5. The van der Waals surface area contributed by atoms with Crippen molar-refractivity contribution in [1.29, 1.82) is 0 Å². The minimum Gasteiger partial charge on any atom is -0.465 e. The molecule has 17 heavy (non-hydrogen) atoms. The molecule has 92 valence electrons. The molecule has 0 aliphatic heterocycles. The highest BCUT2D eigenvalue weighted by Gasteiger charge is 2.16. The average Bonchev–Trinajstić information content (AvgIpc) is 2.24. The minimum absolute atomic E-state index is 0.135. The van der Waals surface area contributed by atoms with Gasteiger partial charge in [0.2, 0.25) is 0 Å². The lowest BCUT2D eigenvalue weighted by molar-refractivity contribution is -0.386. The third kappa shape index (κ3) is 2.90. The third-order valence-corrected chi connectivity index (χ3v) is 2.21. The predicted octanol–water partition coefficient (Wildman–Crippen LogP) is 0.628. The summed E-state index contributed by atoms with van der Waals surface area (Å²) in [6.45, 7) is 2.93. The van der Waals surface area contributed by atoms with Crippen LogP contribution in [0, 0.1) is 17.0 Å². The van der Waals surface area contributed by atoms with E-state index in [2.05, 4.69) is 4.74 Å². The van der Waals surface area contributed by atoms with E-state index in [1.165, 1.54) is 6.92 Å². The van der Waals surface area contributed by atoms with Gasteiger partial charge in [0.25, 0.3) is 11.2 Å². The molecule has 7 heteroatoms. The van der Waals surface area contributed by atoms with Crippen molar-refractivity contribution in [3.63, 3.8) is 0 Å². The molecule has 0 aliphatic rings. The lowest BCUT2D eigenvalue weighted by Gasteiger charge is -2.08. The summed E-state index contributed by atoms with van der Waals surface area (Å²) in [5.41, 5.74) is -0.536. The smallest absolute Gasteiger partial charge is 0.326 e. The van der Waals surface area contributed by atoms with Crippen LogP contribution >= 0.6 is 0 Å². The Morgan fingerprint density at radius 1 is 1.53 bits per heavy atom. The van der Waals surface area contributed by atoms with Crippen molar-refractivity contribution in [2.24, 2.45) is 0 Å². The Kier molecular flexibility index (Phi) is 3.97. The van der Waals surface area contributed by atoms with Gasteiger partial charge in [0.1, 0.15) is 6.54 Å². The summed E-state index contributed by atoms with van der Waals surface area (Å²) < 4.78 is 5.71. The van der Waals surface area contributed by atoms with Crippen molar-refractivity contribution < 1.29 is 14.5 Å². The first-order valence-corrected chi connectivity index (χ1v) is 4.97. The molecule has 0 amide bonds. The van der Waals surface area contributed by atoms with E-state index < -0.39 is 16.5 Å². The number of rotatable bonds is 4. The lowest BCUT2D eigenvalue weighted by atomic mass is 10.3. The largest absolute Gasteiger partial charge is 0.465 e. The summed E-state index contributed by atoms with van der Waals surface area (Å²) in [7, 11) is 0. The van der Waals surface area contributed by atoms with E-state index in [1.54, 1.807) is 6.92 Å². The van der Waals surface area contributed by atoms with Crippen LogP contribution in [0.2, 0.25) is 0 Å². The zero-order valence-electron chi connectivity index (χ0n) is 9.50. The van der Waals surface area contributed by atoms with E-state index in [4.69, 9.17) is 0 Å². The van der Waals surface area contributed by atoms with E-state index in [1.807, 2.05) is 0 Å². The van der Waals surface area contributed by atoms with Crippen molar-refractivity contribution in [2.45, 2.75) is 20.4 Å². The molecule has 0 aliphatic carbocycles. The highest BCUT2D eigenvalue weighted by atomic mass is 16.6. The number of esters is 1. The second-order valence-corrected chi connectivity index (χ2v) is 3.29. The molecule has 0 radical (unpaired) electrons. The van der Waals surface area contributed by atoms with Crippen LogP contribution in [0.3, 0.4) is 0 Å². The molecule has 0 saturated heterocycles. The first-order chi connectivity index (χ1) is 7.97. The fraction of sp³-hybridized carbons (Fsp3) is 0.400. The number of carbonyl (C=O) groups is 1. The second-order valence-electron chi connectivity index (χ2n) is 3.29. The second kappa shape index (κ2) is 5.24. The third-order valence-electron chi connectivity index (χ3n) is 2.21. The zero-order valence-corrected chi connectivity index (χ0v) is 9.50. The molecule has 0 fully saturated rings. The fourth-order valence-electron chi connectivity index (χ4n) is 1.39.